The van der Waals surface area contributed by atoms with Crippen LogP contribution in [0.4, 0.5) is 10.6 Å². The van der Waals surface area contributed by atoms with Crippen molar-refractivity contribution in [3.8, 4) is 0 Å². The Labute approximate surface area is 122 Å². The number of carbonyl (C=O) groups is 1. The molecule has 0 saturated heterocycles. The summed E-state index contributed by atoms with van der Waals surface area (Å²) < 4.78 is 5.15. The third-order valence-corrected chi connectivity index (χ3v) is 3.69. The van der Waals surface area contributed by atoms with Crippen LogP contribution in [0.25, 0.3) is 0 Å². The Balaban J connectivity index is 1.55. The lowest BCUT2D eigenvalue weighted by Gasteiger charge is -2.22. The van der Waals surface area contributed by atoms with Crippen LogP contribution in [0.1, 0.15) is 43.2 Å². The fourth-order valence-electron chi connectivity index (χ4n) is 2.50. The van der Waals surface area contributed by atoms with Crippen LogP contribution in [0.5, 0.6) is 0 Å². The van der Waals surface area contributed by atoms with Crippen LogP contribution in [0.15, 0.2) is 16.8 Å². The van der Waals surface area contributed by atoms with Gasteiger partial charge in [0, 0.05) is 23.7 Å². The monoisotopic (exact) mass is 289 g/mol. The molecule has 0 bridgehead atoms. The molecule has 1 aliphatic rings. The van der Waals surface area contributed by atoms with E-state index in [0.717, 1.165) is 25.0 Å². The lowest BCUT2D eigenvalue weighted by molar-refractivity contribution is 0.247. The summed E-state index contributed by atoms with van der Waals surface area (Å²) in [5, 5.41) is 16.5. The van der Waals surface area contributed by atoms with Crippen molar-refractivity contribution in [2.24, 2.45) is 0 Å². The Morgan fingerprint density at radius 2 is 2.38 bits per heavy atom. The number of nitrogens with zero attached hydrogens (tertiary/aromatic N) is 2. The summed E-state index contributed by atoms with van der Waals surface area (Å²) in [5.41, 5.74) is 2.35. The number of aromatic nitrogens is 3. The number of carbonyl (C=O) groups excluding carboxylic acids is 1. The highest BCUT2D eigenvalue weighted by atomic mass is 16.5. The highest BCUT2D eigenvalue weighted by Gasteiger charge is 2.21. The van der Waals surface area contributed by atoms with E-state index in [4.69, 9.17) is 4.52 Å². The van der Waals surface area contributed by atoms with E-state index in [1.807, 2.05) is 20.0 Å². The number of hydrogen-bond acceptors (Lipinski definition) is 4. The Morgan fingerprint density at radius 3 is 3.14 bits per heavy atom. The van der Waals surface area contributed by atoms with Gasteiger partial charge in [-0.05, 0) is 24.8 Å². The maximum atomic E-state index is 12.0. The molecule has 0 unspecified atom stereocenters. The molecule has 3 rings (SSSR count). The maximum Gasteiger partial charge on any atom is 0.320 e. The van der Waals surface area contributed by atoms with Crippen LogP contribution in [-0.2, 0) is 12.8 Å². The first kappa shape index (κ1) is 13.7. The Hall–Kier alpha value is -2.31. The first-order valence-corrected chi connectivity index (χ1v) is 7.17. The topological polar surface area (TPSA) is 95.8 Å². The molecule has 2 heterocycles. The third kappa shape index (κ3) is 3.07. The van der Waals surface area contributed by atoms with Gasteiger partial charge in [0.25, 0.3) is 0 Å². The number of amides is 2. The van der Waals surface area contributed by atoms with Gasteiger partial charge in [0.05, 0.1) is 6.20 Å². The standard InChI is InChI=1S/C14H19N5O2/c1-8(2)12-6-13(19-21-12)17-14(20)16-10-3-4-11-9(5-10)7-15-18-11/h6-8,10H,3-5H2,1-2H3,(H,15,18)(H2,16,17,19,20)/t10-/m0/s1. The second kappa shape index (κ2) is 5.59. The fraction of sp³-hybridized carbons (Fsp3) is 0.500. The maximum absolute atomic E-state index is 12.0. The zero-order valence-electron chi connectivity index (χ0n) is 12.1. The number of H-pyrrole nitrogens is 1. The molecule has 0 spiro atoms. The summed E-state index contributed by atoms with van der Waals surface area (Å²) >= 11 is 0. The predicted octanol–water partition coefficient (Wildman–Crippen LogP) is 2.20. The summed E-state index contributed by atoms with van der Waals surface area (Å²) in [4.78, 5) is 12.0. The summed E-state index contributed by atoms with van der Waals surface area (Å²) in [6, 6.07) is 1.61. The lowest BCUT2D eigenvalue weighted by Crippen LogP contribution is -2.41. The van der Waals surface area contributed by atoms with Crippen molar-refractivity contribution in [2.45, 2.75) is 45.1 Å². The molecule has 1 aliphatic carbocycles. The number of rotatable bonds is 3. The minimum absolute atomic E-state index is 0.117. The molecule has 1 atom stereocenters. The van der Waals surface area contributed by atoms with Crippen LogP contribution >= 0.6 is 0 Å². The minimum atomic E-state index is -0.254. The summed E-state index contributed by atoms with van der Waals surface area (Å²) in [5.74, 6) is 1.44. The molecule has 2 aromatic rings. The van der Waals surface area contributed by atoms with E-state index < -0.39 is 0 Å². The van der Waals surface area contributed by atoms with Gasteiger partial charge < -0.3 is 9.84 Å². The van der Waals surface area contributed by atoms with Gasteiger partial charge in [-0.3, -0.25) is 10.4 Å². The zero-order chi connectivity index (χ0) is 14.8. The largest absolute Gasteiger partial charge is 0.359 e. The molecule has 7 nitrogen and oxygen atoms in total. The molecule has 2 amide bonds. The highest BCUT2D eigenvalue weighted by molar-refractivity contribution is 5.88. The van der Waals surface area contributed by atoms with E-state index in [0.29, 0.717) is 5.82 Å². The number of nitrogens with one attached hydrogen (secondary N) is 3. The molecular weight excluding hydrogens is 270 g/mol. The average Bonchev–Trinajstić information content (AvgIpc) is 3.06. The Morgan fingerprint density at radius 1 is 1.52 bits per heavy atom. The lowest BCUT2D eigenvalue weighted by atomic mass is 9.94. The normalized spacial score (nSPS) is 17.6. The molecule has 0 radical (unpaired) electrons. The van der Waals surface area contributed by atoms with E-state index in [1.165, 1.54) is 11.3 Å². The van der Waals surface area contributed by atoms with Gasteiger partial charge in [0.15, 0.2) is 5.82 Å². The molecule has 0 aromatic carbocycles. The van der Waals surface area contributed by atoms with Crippen molar-refractivity contribution in [3.63, 3.8) is 0 Å². The van der Waals surface area contributed by atoms with Gasteiger partial charge in [-0.15, -0.1) is 0 Å². The minimum Gasteiger partial charge on any atom is -0.359 e. The molecule has 0 aliphatic heterocycles. The van der Waals surface area contributed by atoms with E-state index in [1.54, 1.807) is 6.07 Å². The van der Waals surface area contributed by atoms with Crippen LogP contribution in [-0.4, -0.2) is 27.4 Å². The number of hydrogen-bond donors (Lipinski definition) is 3. The van der Waals surface area contributed by atoms with Gasteiger partial charge in [-0.2, -0.15) is 5.10 Å². The Bertz CT molecular complexity index is 631. The molecule has 7 heteroatoms. The molecule has 3 N–H and O–H groups in total. The number of aryl methyl sites for hydroxylation is 1. The van der Waals surface area contributed by atoms with Gasteiger partial charge in [-0.25, -0.2) is 4.79 Å². The van der Waals surface area contributed by atoms with Gasteiger partial charge in [0.1, 0.15) is 5.76 Å². The molecule has 2 aromatic heterocycles. The van der Waals surface area contributed by atoms with Gasteiger partial charge in [-0.1, -0.05) is 19.0 Å². The Kier molecular flexibility index (Phi) is 3.64. The molecule has 0 saturated carbocycles. The summed E-state index contributed by atoms with van der Waals surface area (Å²) in [6.45, 7) is 4.02. The van der Waals surface area contributed by atoms with Crippen LogP contribution in [0.3, 0.4) is 0 Å². The smallest absolute Gasteiger partial charge is 0.320 e. The number of aromatic amines is 1. The van der Waals surface area contributed by atoms with Gasteiger partial charge in [0.2, 0.25) is 0 Å². The fourth-order valence-corrected chi connectivity index (χ4v) is 2.50. The average molecular weight is 289 g/mol. The van der Waals surface area contributed by atoms with Gasteiger partial charge >= 0.3 is 6.03 Å². The summed E-state index contributed by atoms with van der Waals surface area (Å²) in [7, 11) is 0. The quantitative estimate of drug-likeness (QED) is 0.807. The van der Waals surface area contributed by atoms with Crippen LogP contribution in [0, 0.1) is 0 Å². The van der Waals surface area contributed by atoms with Crippen molar-refractivity contribution in [3.05, 3.63) is 29.3 Å². The van der Waals surface area contributed by atoms with E-state index in [2.05, 4.69) is 26.0 Å². The SMILES string of the molecule is CC(C)c1cc(NC(=O)N[C@H]2CCc3[nH]ncc3C2)no1. The van der Waals surface area contributed by atoms with Crippen molar-refractivity contribution < 1.29 is 9.32 Å². The molecule has 21 heavy (non-hydrogen) atoms. The van der Waals surface area contributed by atoms with Crippen molar-refractivity contribution >= 4 is 11.8 Å². The zero-order valence-corrected chi connectivity index (χ0v) is 12.1. The van der Waals surface area contributed by atoms with Crippen molar-refractivity contribution in [2.75, 3.05) is 5.32 Å². The second-order valence-corrected chi connectivity index (χ2v) is 5.68. The van der Waals surface area contributed by atoms with Crippen molar-refractivity contribution in [1.29, 1.82) is 0 Å². The second-order valence-electron chi connectivity index (χ2n) is 5.68. The number of fused-ring (bicyclic) bond motifs is 1. The predicted molar refractivity (Wildman–Crippen MR) is 77.1 cm³/mol. The summed E-state index contributed by atoms with van der Waals surface area (Å²) in [6.07, 6.45) is 4.43. The number of urea groups is 1. The molecule has 0 fully saturated rings. The van der Waals surface area contributed by atoms with Crippen molar-refractivity contribution in [1.82, 2.24) is 20.7 Å². The van der Waals surface area contributed by atoms with Crippen LogP contribution in [0.2, 0.25) is 0 Å². The highest BCUT2D eigenvalue weighted by Crippen LogP contribution is 2.20. The van der Waals surface area contributed by atoms with E-state index in [9.17, 15) is 4.79 Å². The first-order valence-electron chi connectivity index (χ1n) is 7.17. The molecule has 112 valence electrons. The van der Waals surface area contributed by atoms with E-state index in [-0.39, 0.29) is 18.0 Å². The third-order valence-electron chi connectivity index (χ3n) is 3.69. The first-order chi connectivity index (χ1) is 10.1. The molecular formula is C14H19N5O2. The van der Waals surface area contributed by atoms with E-state index >= 15 is 0 Å². The number of anilines is 1. The van der Waals surface area contributed by atoms with Crippen LogP contribution < -0.4 is 10.6 Å².